The molecule has 0 aromatic carbocycles. The fourth-order valence-electron chi connectivity index (χ4n) is 0.521. The zero-order valence-electron chi connectivity index (χ0n) is 5.63. The Bertz CT molecular complexity index is 74.6. The van der Waals surface area contributed by atoms with Crippen LogP contribution < -0.4 is 0 Å². The lowest BCUT2D eigenvalue weighted by molar-refractivity contribution is 0.0905. The topological polar surface area (TPSA) is 31.0 Å². The first kappa shape index (κ1) is 7.21. The summed E-state index contributed by atoms with van der Waals surface area (Å²) in [7, 11) is 0.806. The Kier molecular flexibility index (Phi) is 3.20. The van der Waals surface area contributed by atoms with Crippen LogP contribution in [-0.4, -0.2) is 43.0 Å². The molecule has 54 valence electrons. The maximum absolute atomic E-state index is 5.17. The van der Waals surface area contributed by atoms with E-state index in [1.807, 2.05) is 0 Å². The Hall–Kier alpha value is 0.0969. The zero-order valence-corrected chi connectivity index (χ0v) is 7.63. The highest BCUT2D eigenvalue weighted by Crippen LogP contribution is 2.07. The molecule has 3 nitrogen and oxygen atoms in total. The smallest absolute Gasteiger partial charge is 0.146 e. The largest absolute Gasteiger partial charge is 0.426 e. The summed E-state index contributed by atoms with van der Waals surface area (Å²) >= 11 is 0. The third-order valence-electron chi connectivity index (χ3n) is 1.14. The summed E-state index contributed by atoms with van der Waals surface area (Å²) in [6.45, 7) is 3.06. The Balaban J connectivity index is 1.71. The lowest BCUT2D eigenvalue weighted by Crippen LogP contribution is -2.06. The molecule has 9 heavy (non-hydrogen) atoms. The van der Waals surface area contributed by atoms with E-state index in [4.69, 9.17) is 13.9 Å². The first-order valence-electron chi connectivity index (χ1n) is 3.12. The van der Waals surface area contributed by atoms with Crippen LogP contribution in [0.3, 0.4) is 0 Å². The highest BCUT2D eigenvalue weighted by atomic mass is 28.2. The van der Waals surface area contributed by atoms with Gasteiger partial charge in [0.05, 0.1) is 26.4 Å². The van der Waals surface area contributed by atoms with Crippen LogP contribution in [0.2, 0.25) is 0 Å². The lowest BCUT2D eigenvalue weighted by Gasteiger charge is -1.98. The summed E-state index contributed by atoms with van der Waals surface area (Å²) in [5.41, 5.74) is 0. The first-order chi connectivity index (χ1) is 4.43. The van der Waals surface area contributed by atoms with E-state index in [1.165, 1.54) is 0 Å². The highest BCUT2D eigenvalue weighted by Gasteiger charge is 2.21. The molecule has 4 heteroatoms. The second-order valence-corrected chi connectivity index (χ2v) is 2.60. The summed E-state index contributed by atoms with van der Waals surface area (Å²) in [5.74, 6) is 0. The SMILES string of the molecule is [SiH3]OCCOCC1CO1. The van der Waals surface area contributed by atoms with E-state index in [0.29, 0.717) is 12.7 Å². The van der Waals surface area contributed by atoms with Gasteiger partial charge in [0.1, 0.15) is 16.6 Å². The van der Waals surface area contributed by atoms with Crippen molar-refractivity contribution >= 4 is 10.5 Å². The molecule has 0 spiro atoms. The van der Waals surface area contributed by atoms with Crippen molar-refractivity contribution in [3.63, 3.8) is 0 Å². The van der Waals surface area contributed by atoms with Crippen LogP contribution in [0, 0.1) is 0 Å². The average molecular weight is 148 g/mol. The van der Waals surface area contributed by atoms with Gasteiger partial charge in [-0.1, -0.05) is 0 Å². The minimum absolute atomic E-state index is 0.388. The Labute approximate surface area is 57.8 Å². The maximum Gasteiger partial charge on any atom is 0.146 e. The van der Waals surface area contributed by atoms with Gasteiger partial charge in [0.2, 0.25) is 0 Å². The van der Waals surface area contributed by atoms with Gasteiger partial charge >= 0.3 is 0 Å². The molecule has 1 aliphatic rings. The van der Waals surface area contributed by atoms with E-state index in [9.17, 15) is 0 Å². The lowest BCUT2D eigenvalue weighted by atomic mass is 10.5. The molecule has 1 fully saturated rings. The Morgan fingerprint density at radius 1 is 1.56 bits per heavy atom. The van der Waals surface area contributed by atoms with E-state index in [-0.39, 0.29) is 0 Å². The Morgan fingerprint density at radius 2 is 2.33 bits per heavy atom. The van der Waals surface area contributed by atoms with Crippen LogP contribution in [0.25, 0.3) is 0 Å². The van der Waals surface area contributed by atoms with Crippen molar-refractivity contribution in [2.45, 2.75) is 6.10 Å². The van der Waals surface area contributed by atoms with Gasteiger partial charge < -0.3 is 13.9 Å². The fourth-order valence-corrected chi connectivity index (χ4v) is 0.688. The molecule has 0 bridgehead atoms. The third kappa shape index (κ3) is 3.64. The van der Waals surface area contributed by atoms with Gasteiger partial charge in [-0.3, -0.25) is 0 Å². The highest BCUT2D eigenvalue weighted by molar-refractivity contribution is 5.97. The van der Waals surface area contributed by atoms with Crippen molar-refractivity contribution in [1.82, 2.24) is 0 Å². The molecule has 0 N–H and O–H groups in total. The molecule has 0 aromatic heterocycles. The van der Waals surface area contributed by atoms with Gasteiger partial charge in [0.25, 0.3) is 0 Å². The molecule has 0 aliphatic carbocycles. The second-order valence-electron chi connectivity index (χ2n) is 2.02. The normalized spacial score (nSPS) is 24.7. The molecule has 1 unspecified atom stereocenters. The van der Waals surface area contributed by atoms with Crippen molar-refractivity contribution in [3.05, 3.63) is 0 Å². The summed E-state index contributed by atoms with van der Waals surface area (Å²) in [4.78, 5) is 0. The first-order valence-corrected chi connectivity index (χ1v) is 3.93. The second kappa shape index (κ2) is 4.00. The van der Waals surface area contributed by atoms with Gasteiger partial charge in [-0.25, -0.2) is 0 Å². The van der Waals surface area contributed by atoms with E-state index in [1.54, 1.807) is 0 Å². The molecule has 1 rings (SSSR count). The van der Waals surface area contributed by atoms with Crippen molar-refractivity contribution in [3.8, 4) is 0 Å². The molecule has 1 heterocycles. The van der Waals surface area contributed by atoms with E-state index < -0.39 is 0 Å². The molecule has 1 atom stereocenters. The van der Waals surface area contributed by atoms with E-state index >= 15 is 0 Å². The molecule has 1 aliphatic heterocycles. The molecular weight excluding hydrogens is 136 g/mol. The Morgan fingerprint density at radius 3 is 2.89 bits per heavy atom. The fraction of sp³-hybridized carbons (Fsp3) is 1.00. The molecule has 0 saturated carbocycles. The zero-order chi connectivity index (χ0) is 6.53. The van der Waals surface area contributed by atoms with Crippen molar-refractivity contribution in [2.75, 3.05) is 26.4 Å². The van der Waals surface area contributed by atoms with E-state index in [2.05, 4.69) is 0 Å². The van der Waals surface area contributed by atoms with Crippen molar-refractivity contribution in [1.29, 1.82) is 0 Å². The van der Waals surface area contributed by atoms with Crippen LogP contribution in [0.15, 0.2) is 0 Å². The van der Waals surface area contributed by atoms with E-state index in [0.717, 1.165) is 30.3 Å². The molecular formula is C5H12O3Si. The number of ether oxygens (including phenoxy) is 2. The summed E-state index contributed by atoms with van der Waals surface area (Å²) in [5, 5.41) is 0. The third-order valence-corrected chi connectivity index (χ3v) is 1.55. The monoisotopic (exact) mass is 148 g/mol. The summed E-state index contributed by atoms with van der Waals surface area (Å²) < 4.78 is 15.0. The van der Waals surface area contributed by atoms with Crippen molar-refractivity contribution in [2.24, 2.45) is 0 Å². The van der Waals surface area contributed by atoms with Crippen LogP contribution in [0.5, 0.6) is 0 Å². The van der Waals surface area contributed by atoms with Gasteiger partial charge in [0.15, 0.2) is 0 Å². The minimum Gasteiger partial charge on any atom is -0.426 e. The number of hydrogen-bond donors (Lipinski definition) is 0. The summed E-state index contributed by atoms with van der Waals surface area (Å²) in [6.07, 6.45) is 0.388. The predicted octanol–water partition coefficient (Wildman–Crippen LogP) is -1.30. The number of hydrogen-bond acceptors (Lipinski definition) is 3. The quantitative estimate of drug-likeness (QED) is 0.276. The molecule has 1 saturated heterocycles. The van der Waals surface area contributed by atoms with Gasteiger partial charge in [-0.2, -0.15) is 0 Å². The number of epoxide rings is 1. The molecule has 0 aromatic rings. The molecule has 0 amide bonds. The van der Waals surface area contributed by atoms with Crippen LogP contribution in [-0.2, 0) is 13.9 Å². The molecule has 0 radical (unpaired) electrons. The van der Waals surface area contributed by atoms with Crippen LogP contribution >= 0.6 is 0 Å². The van der Waals surface area contributed by atoms with Gasteiger partial charge in [0, 0.05) is 0 Å². The standard InChI is InChI=1S/C5H12O3Si/c9-8-2-1-6-3-5-4-7-5/h5H,1-4H2,9H3. The van der Waals surface area contributed by atoms with Crippen LogP contribution in [0.4, 0.5) is 0 Å². The minimum atomic E-state index is 0.388. The van der Waals surface area contributed by atoms with Gasteiger partial charge in [-0.05, 0) is 0 Å². The average Bonchev–Trinajstić information content (AvgIpc) is 2.63. The van der Waals surface area contributed by atoms with Crippen LogP contribution in [0.1, 0.15) is 0 Å². The van der Waals surface area contributed by atoms with Gasteiger partial charge in [-0.15, -0.1) is 0 Å². The predicted molar refractivity (Wildman–Crippen MR) is 36.5 cm³/mol. The maximum atomic E-state index is 5.17. The number of rotatable bonds is 5. The van der Waals surface area contributed by atoms with Crippen molar-refractivity contribution < 1.29 is 13.9 Å². The summed E-state index contributed by atoms with van der Waals surface area (Å²) in [6, 6.07) is 0.